The SMILES string of the molecule is Cc1[nH]c2ccc(CCN3CC45CC4OCC35)cc2c1C(=O)OCc1ccccc1. The van der Waals surface area contributed by atoms with E-state index < -0.39 is 0 Å². The lowest BCUT2D eigenvalue weighted by Gasteiger charge is -2.46. The largest absolute Gasteiger partial charge is 0.457 e. The summed E-state index contributed by atoms with van der Waals surface area (Å²) < 4.78 is 11.5. The fraction of sp³-hybridized carbons (Fsp3) is 0.400. The first-order chi connectivity index (χ1) is 14.6. The van der Waals surface area contributed by atoms with Gasteiger partial charge in [0.25, 0.3) is 0 Å². The minimum Gasteiger partial charge on any atom is -0.457 e. The number of hydrogen-bond acceptors (Lipinski definition) is 4. The molecule has 3 aliphatic rings. The number of H-pyrrole nitrogens is 1. The maximum absolute atomic E-state index is 12.8. The number of nitrogens with zero attached hydrogens (tertiary/aromatic N) is 1. The van der Waals surface area contributed by atoms with Crippen molar-refractivity contribution in [3.8, 4) is 0 Å². The number of aryl methyl sites for hydroxylation is 1. The molecule has 1 N–H and O–H groups in total. The fourth-order valence-corrected chi connectivity index (χ4v) is 5.45. The van der Waals surface area contributed by atoms with Crippen molar-refractivity contribution in [1.29, 1.82) is 0 Å². The maximum atomic E-state index is 12.8. The Labute approximate surface area is 176 Å². The summed E-state index contributed by atoms with van der Waals surface area (Å²) in [6.45, 7) is 5.35. The molecule has 5 nitrogen and oxygen atoms in total. The van der Waals surface area contributed by atoms with Crippen molar-refractivity contribution in [2.75, 3.05) is 19.7 Å². The lowest BCUT2D eigenvalue weighted by atomic mass is 9.86. The highest BCUT2D eigenvalue weighted by Gasteiger charge is 2.72. The number of likely N-dealkylation sites (tertiary alicyclic amines) is 1. The van der Waals surface area contributed by atoms with Crippen LogP contribution in [0.1, 0.15) is 33.6 Å². The highest BCUT2D eigenvalue weighted by Crippen LogP contribution is 2.63. The smallest absolute Gasteiger partial charge is 0.340 e. The standard InChI is InChI=1S/C25H26N2O3/c1-16-23(24(28)30-13-18-5-3-2-4-6-18)19-11-17(7-8-20(19)26-16)9-10-27-15-25-12-22(25)29-14-21(25)27/h2-8,11,21-22,26H,9-10,12-15H2,1H3. The quantitative estimate of drug-likeness (QED) is 0.637. The number of esters is 1. The molecule has 3 heterocycles. The summed E-state index contributed by atoms with van der Waals surface area (Å²) in [4.78, 5) is 18.7. The van der Waals surface area contributed by atoms with Crippen LogP contribution in [0.5, 0.6) is 0 Å². The van der Waals surface area contributed by atoms with Gasteiger partial charge in [-0.05, 0) is 43.0 Å². The van der Waals surface area contributed by atoms with E-state index in [9.17, 15) is 4.79 Å². The average molecular weight is 402 g/mol. The van der Waals surface area contributed by atoms with Crippen LogP contribution in [-0.2, 0) is 22.5 Å². The zero-order valence-corrected chi connectivity index (χ0v) is 17.2. The van der Waals surface area contributed by atoms with Gasteiger partial charge in [-0.3, -0.25) is 4.90 Å². The van der Waals surface area contributed by atoms with Gasteiger partial charge in [-0.15, -0.1) is 0 Å². The molecule has 154 valence electrons. The van der Waals surface area contributed by atoms with Crippen molar-refractivity contribution >= 4 is 16.9 Å². The van der Waals surface area contributed by atoms with Gasteiger partial charge in [0.05, 0.1) is 18.3 Å². The van der Waals surface area contributed by atoms with E-state index in [0.717, 1.165) is 41.7 Å². The summed E-state index contributed by atoms with van der Waals surface area (Å²) in [5, 5.41) is 0.953. The Bertz CT molecular complexity index is 1120. The van der Waals surface area contributed by atoms with Crippen molar-refractivity contribution in [1.82, 2.24) is 9.88 Å². The molecule has 1 aromatic heterocycles. The molecule has 3 atom stereocenters. The van der Waals surface area contributed by atoms with Crippen molar-refractivity contribution in [3.63, 3.8) is 0 Å². The Morgan fingerprint density at radius 3 is 2.90 bits per heavy atom. The van der Waals surface area contributed by atoms with Gasteiger partial charge in [0.1, 0.15) is 6.61 Å². The molecule has 1 spiro atoms. The number of fused-ring (bicyclic) bond motifs is 1. The number of benzene rings is 2. The van der Waals surface area contributed by atoms with Crippen molar-refractivity contribution in [3.05, 3.63) is 70.9 Å². The molecular weight excluding hydrogens is 376 g/mol. The molecular formula is C25H26N2O3. The van der Waals surface area contributed by atoms with E-state index >= 15 is 0 Å². The molecule has 5 heteroatoms. The molecule has 2 aliphatic heterocycles. The van der Waals surface area contributed by atoms with Gasteiger partial charge in [-0.2, -0.15) is 0 Å². The number of rotatable bonds is 6. The van der Waals surface area contributed by atoms with E-state index in [1.165, 1.54) is 18.5 Å². The molecule has 3 unspecified atom stereocenters. The van der Waals surface area contributed by atoms with Crippen molar-refractivity contribution < 1.29 is 14.3 Å². The number of carbonyl (C=O) groups excluding carboxylic acids is 1. The van der Waals surface area contributed by atoms with Crippen LogP contribution >= 0.6 is 0 Å². The predicted octanol–water partition coefficient (Wildman–Crippen LogP) is 3.85. The highest BCUT2D eigenvalue weighted by molar-refractivity contribution is 6.05. The molecule has 0 bridgehead atoms. The third kappa shape index (κ3) is 2.80. The van der Waals surface area contributed by atoms with E-state index in [0.29, 0.717) is 23.1 Å². The molecule has 2 saturated heterocycles. The summed E-state index contributed by atoms with van der Waals surface area (Å²) in [7, 11) is 0. The Morgan fingerprint density at radius 1 is 1.23 bits per heavy atom. The molecule has 6 rings (SSSR count). The lowest BCUT2D eigenvalue weighted by Crippen LogP contribution is -2.58. The number of aromatic amines is 1. The monoisotopic (exact) mass is 402 g/mol. The summed E-state index contributed by atoms with van der Waals surface area (Å²) in [5.41, 5.74) is 5.24. The second kappa shape index (κ2) is 6.69. The molecule has 3 aromatic rings. The van der Waals surface area contributed by atoms with Crippen LogP contribution in [0.2, 0.25) is 0 Å². The summed E-state index contributed by atoms with van der Waals surface area (Å²) in [5.74, 6) is -0.271. The van der Waals surface area contributed by atoms with Gasteiger partial charge in [0.2, 0.25) is 0 Å². The first-order valence-corrected chi connectivity index (χ1v) is 10.8. The lowest BCUT2D eigenvalue weighted by molar-refractivity contribution is 0.00960. The maximum Gasteiger partial charge on any atom is 0.340 e. The van der Waals surface area contributed by atoms with E-state index in [-0.39, 0.29) is 12.6 Å². The number of ether oxygens (including phenoxy) is 2. The summed E-state index contributed by atoms with van der Waals surface area (Å²) >= 11 is 0. The van der Waals surface area contributed by atoms with Crippen LogP contribution in [0.4, 0.5) is 0 Å². The van der Waals surface area contributed by atoms with Crippen LogP contribution in [0, 0.1) is 12.3 Å². The van der Waals surface area contributed by atoms with Gasteiger partial charge >= 0.3 is 5.97 Å². The predicted molar refractivity (Wildman–Crippen MR) is 114 cm³/mol. The molecule has 2 aromatic carbocycles. The van der Waals surface area contributed by atoms with Crippen LogP contribution in [-0.4, -0.2) is 47.7 Å². The third-order valence-electron chi connectivity index (χ3n) is 7.26. The Morgan fingerprint density at radius 2 is 2.10 bits per heavy atom. The third-order valence-corrected chi connectivity index (χ3v) is 7.26. The summed E-state index contributed by atoms with van der Waals surface area (Å²) in [6.07, 6.45) is 2.79. The van der Waals surface area contributed by atoms with Gasteiger partial charge in [-0.25, -0.2) is 4.79 Å². The number of nitrogens with one attached hydrogen (secondary N) is 1. The van der Waals surface area contributed by atoms with E-state index in [2.05, 4.69) is 28.1 Å². The van der Waals surface area contributed by atoms with Gasteiger partial charge in [-0.1, -0.05) is 36.4 Å². The second-order valence-corrected chi connectivity index (χ2v) is 9.06. The molecule has 30 heavy (non-hydrogen) atoms. The van der Waals surface area contributed by atoms with Crippen molar-refractivity contribution in [2.45, 2.75) is 38.5 Å². The van der Waals surface area contributed by atoms with Gasteiger partial charge in [0.15, 0.2) is 0 Å². The van der Waals surface area contributed by atoms with E-state index in [4.69, 9.17) is 9.47 Å². The molecule has 1 saturated carbocycles. The first-order valence-electron chi connectivity index (χ1n) is 10.8. The normalized spacial score (nSPS) is 26.8. The van der Waals surface area contributed by atoms with Crippen molar-refractivity contribution in [2.24, 2.45) is 5.41 Å². The Kier molecular flexibility index (Phi) is 4.05. The Balaban J connectivity index is 1.17. The average Bonchev–Trinajstić information content (AvgIpc) is 3.29. The van der Waals surface area contributed by atoms with E-state index in [1.54, 1.807) is 0 Å². The van der Waals surface area contributed by atoms with Crippen LogP contribution in [0.3, 0.4) is 0 Å². The number of aromatic nitrogens is 1. The van der Waals surface area contributed by atoms with Gasteiger partial charge in [0, 0.05) is 41.1 Å². The highest BCUT2D eigenvalue weighted by atomic mass is 16.5. The Hall–Kier alpha value is -2.63. The molecule has 0 amide bonds. The minimum atomic E-state index is -0.271. The zero-order valence-electron chi connectivity index (χ0n) is 17.2. The molecule has 0 radical (unpaired) electrons. The van der Waals surface area contributed by atoms with Crippen LogP contribution in [0.15, 0.2) is 48.5 Å². The van der Waals surface area contributed by atoms with Crippen LogP contribution < -0.4 is 0 Å². The number of hydrogen-bond donors (Lipinski definition) is 1. The molecule has 3 fully saturated rings. The second-order valence-electron chi connectivity index (χ2n) is 9.06. The summed E-state index contributed by atoms with van der Waals surface area (Å²) in [6, 6.07) is 16.8. The number of carbonyl (C=O) groups is 1. The topological polar surface area (TPSA) is 54.6 Å². The van der Waals surface area contributed by atoms with E-state index in [1.807, 2.05) is 37.3 Å². The first kappa shape index (κ1) is 18.2. The molecule has 1 aliphatic carbocycles. The zero-order chi connectivity index (χ0) is 20.3. The van der Waals surface area contributed by atoms with Crippen LogP contribution in [0.25, 0.3) is 10.9 Å². The minimum absolute atomic E-state index is 0.271. The fourth-order valence-electron chi connectivity index (χ4n) is 5.45. The van der Waals surface area contributed by atoms with Gasteiger partial charge < -0.3 is 14.5 Å².